The van der Waals surface area contributed by atoms with Gasteiger partial charge >= 0.3 is 6.61 Å². The van der Waals surface area contributed by atoms with E-state index in [0.717, 1.165) is 31.7 Å². The molecule has 1 amide bonds. The minimum atomic E-state index is -2.84. The van der Waals surface area contributed by atoms with Crippen molar-refractivity contribution < 1.29 is 18.3 Å². The Morgan fingerprint density at radius 2 is 1.76 bits per heavy atom. The standard InChI is InChI=1S/C22H27F2N3O2/c1-16-4-3-5-20(17(16)2)27-12-10-26(11-13-27)15-21(28)25-14-18-6-8-19(9-7-18)29-22(23)24/h3-9,22H,10-15H2,1-2H3,(H,25,28). The van der Waals surface area contributed by atoms with Crippen molar-refractivity contribution in [3.8, 4) is 5.75 Å². The molecule has 0 unspecified atom stereocenters. The average Bonchev–Trinajstić information content (AvgIpc) is 2.70. The van der Waals surface area contributed by atoms with Crippen molar-refractivity contribution in [1.82, 2.24) is 10.2 Å². The number of carbonyl (C=O) groups is 1. The molecule has 0 aliphatic carbocycles. The molecule has 156 valence electrons. The van der Waals surface area contributed by atoms with E-state index in [1.165, 1.54) is 28.9 Å². The fourth-order valence-electron chi connectivity index (χ4n) is 3.47. The summed E-state index contributed by atoms with van der Waals surface area (Å²) in [6.07, 6.45) is 0. The molecule has 5 nitrogen and oxygen atoms in total. The van der Waals surface area contributed by atoms with E-state index in [1.807, 2.05) is 0 Å². The van der Waals surface area contributed by atoms with E-state index in [0.29, 0.717) is 13.1 Å². The Morgan fingerprint density at radius 3 is 2.41 bits per heavy atom. The topological polar surface area (TPSA) is 44.8 Å². The SMILES string of the molecule is Cc1cccc(N2CCN(CC(=O)NCc3ccc(OC(F)F)cc3)CC2)c1C. The molecule has 0 radical (unpaired) electrons. The molecule has 1 aliphatic heterocycles. The van der Waals surface area contributed by atoms with E-state index in [-0.39, 0.29) is 11.7 Å². The molecule has 1 aliphatic rings. The van der Waals surface area contributed by atoms with Crippen LogP contribution in [0.5, 0.6) is 5.75 Å². The van der Waals surface area contributed by atoms with Gasteiger partial charge in [0.2, 0.25) is 5.91 Å². The second-order valence-corrected chi connectivity index (χ2v) is 7.28. The van der Waals surface area contributed by atoms with E-state index in [2.05, 4.69) is 51.9 Å². The number of aryl methyl sites for hydroxylation is 1. The summed E-state index contributed by atoms with van der Waals surface area (Å²) in [6, 6.07) is 12.6. The Morgan fingerprint density at radius 1 is 1.07 bits per heavy atom. The van der Waals surface area contributed by atoms with Crippen molar-refractivity contribution in [2.45, 2.75) is 27.0 Å². The van der Waals surface area contributed by atoms with Crippen LogP contribution in [-0.2, 0) is 11.3 Å². The number of hydrogen-bond donors (Lipinski definition) is 1. The van der Waals surface area contributed by atoms with E-state index < -0.39 is 6.61 Å². The van der Waals surface area contributed by atoms with Crippen molar-refractivity contribution >= 4 is 11.6 Å². The van der Waals surface area contributed by atoms with Gasteiger partial charge in [0.15, 0.2) is 0 Å². The first-order valence-corrected chi connectivity index (χ1v) is 9.76. The van der Waals surface area contributed by atoms with Gasteiger partial charge < -0.3 is 15.0 Å². The summed E-state index contributed by atoms with van der Waals surface area (Å²) in [5.74, 6) is 0.0647. The van der Waals surface area contributed by atoms with Crippen LogP contribution in [0.15, 0.2) is 42.5 Å². The van der Waals surface area contributed by atoms with Crippen LogP contribution in [0.2, 0.25) is 0 Å². The van der Waals surface area contributed by atoms with Crippen LogP contribution in [0, 0.1) is 13.8 Å². The predicted octanol–water partition coefficient (Wildman–Crippen LogP) is 3.34. The van der Waals surface area contributed by atoms with Crippen molar-refractivity contribution in [3.05, 3.63) is 59.2 Å². The zero-order valence-corrected chi connectivity index (χ0v) is 16.8. The zero-order valence-electron chi connectivity index (χ0n) is 16.8. The first-order chi connectivity index (χ1) is 13.9. The molecule has 0 saturated carbocycles. The Balaban J connectivity index is 1.42. The molecule has 0 spiro atoms. The molecule has 0 aromatic heterocycles. The van der Waals surface area contributed by atoms with Crippen molar-refractivity contribution in [3.63, 3.8) is 0 Å². The summed E-state index contributed by atoms with van der Waals surface area (Å²) in [7, 11) is 0. The number of piperazine rings is 1. The van der Waals surface area contributed by atoms with Crippen LogP contribution in [0.3, 0.4) is 0 Å². The molecule has 2 aromatic rings. The summed E-state index contributed by atoms with van der Waals surface area (Å²) < 4.78 is 28.7. The third-order valence-corrected chi connectivity index (χ3v) is 5.29. The molecule has 7 heteroatoms. The molecule has 29 heavy (non-hydrogen) atoms. The Labute approximate surface area is 170 Å². The second-order valence-electron chi connectivity index (χ2n) is 7.28. The van der Waals surface area contributed by atoms with Crippen molar-refractivity contribution in [2.24, 2.45) is 0 Å². The number of nitrogens with zero attached hydrogens (tertiary/aromatic N) is 2. The number of benzene rings is 2. The van der Waals surface area contributed by atoms with E-state index in [4.69, 9.17) is 0 Å². The molecule has 1 heterocycles. The molecule has 1 N–H and O–H groups in total. The molecule has 3 rings (SSSR count). The number of nitrogens with one attached hydrogen (secondary N) is 1. The van der Waals surface area contributed by atoms with Gasteiger partial charge in [-0.2, -0.15) is 8.78 Å². The van der Waals surface area contributed by atoms with Gasteiger partial charge in [0, 0.05) is 38.4 Å². The van der Waals surface area contributed by atoms with Crippen LogP contribution in [0.25, 0.3) is 0 Å². The van der Waals surface area contributed by atoms with Crippen LogP contribution in [0.1, 0.15) is 16.7 Å². The molecular weight excluding hydrogens is 376 g/mol. The van der Waals surface area contributed by atoms with Crippen LogP contribution in [0.4, 0.5) is 14.5 Å². The monoisotopic (exact) mass is 403 g/mol. The average molecular weight is 403 g/mol. The van der Waals surface area contributed by atoms with E-state index in [9.17, 15) is 13.6 Å². The van der Waals surface area contributed by atoms with E-state index >= 15 is 0 Å². The minimum Gasteiger partial charge on any atom is -0.435 e. The Bertz CT molecular complexity index is 819. The minimum absolute atomic E-state index is 0.0434. The zero-order chi connectivity index (χ0) is 20.8. The summed E-state index contributed by atoms with van der Waals surface area (Å²) in [5, 5.41) is 2.88. The number of carbonyl (C=O) groups excluding carboxylic acids is 1. The van der Waals surface area contributed by atoms with Gasteiger partial charge in [-0.05, 0) is 48.7 Å². The summed E-state index contributed by atoms with van der Waals surface area (Å²) >= 11 is 0. The maximum atomic E-state index is 12.3. The van der Waals surface area contributed by atoms with Gasteiger partial charge in [0.05, 0.1) is 6.54 Å². The quantitative estimate of drug-likeness (QED) is 0.770. The fraction of sp³-hybridized carbons (Fsp3) is 0.409. The van der Waals surface area contributed by atoms with Gasteiger partial charge in [0.25, 0.3) is 0 Å². The number of anilines is 1. The second kappa shape index (κ2) is 9.69. The molecule has 2 aromatic carbocycles. The molecule has 1 saturated heterocycles. The van der Waals surface area contributed by atoms with Gasteiger partial charge in [-0.3, -0.25) is 9.69 Å². The highest BCUT2D eigenvalue weighted by molar-refractivity contribution is 5.78. The van der Waals surface area contributed by atoms with Gasteiger partial charge in [-0.15, -0.1) is 0 Å². The number of ether oxygens (including phenoxy) is 1. The van der Waals surface area contributed by atoms with E-state index in [1.54, 1.807) is 12.1 Å². The largest absolute Gasteiger partial charge is 0.435 e. The number of alkyl halides is 2. The molecule has 0 atom stereocenters. The number of hydrogen-bond acceptors (Lipinski definition) is 4. The smallest absolute Gasteiger partial charge is 0.387 e. The highest BCUT2D eigenvalue weighted by atomic mass is 19.3. The van der Waals surface area contributed by atoms with Gasteiger partial charge in [0.1, 0.15) is 5.75 Å². The number of halogens is 2. The molecule has 1 fully saturated rings. The molecular formula is C22H27F2N3O2. The third kappa shape index (κ3) is 5.90. The Hall–Kier alpha value is -2.67. The first kappa shape index (κ1) is 21.0. The fourth-order valence-corrected chi connectivity index (χ4v) is 3.47. The maximum absolute atomic E-state index is 12.3. The lowest BCUT2D eigenvalue weighted by Crippen LogP contribution is -2.49. The normalized spacial score (nSPS) is 14.9. The summed E-state index contributed by atoms with van der Waals surface area (Å²) in [4.78, 5) is 16.8. The van der Waals surface area contributed by atoms with Gasteiger partial charge in [-0.1, -0.05) is 24.3 Å². The van der Waals surface area contributed by atoms with Crippen LogP contribution in [-0.4, -0.2) is 50.1 Å². The lowest BCUT2D eigenvalue weighted by molar-refractivity contribution is -0.122. The lowest BCUT2D eigenvalue weighted by atomic mass is 10.1. The third-order valence-electron chi connectivity index (χ3n) is 5.29. The predicted molar refractivity (Wildman–Crippen MR) is 109 cm³/mol. The number of rotatable bonds is 7. The van der Waals surface area contributed by atoms with Crippen LogP contribution < -0.4 is 15.0 Å². The molecule has 0 bridgehead atoms. The van der Waals surface area contributed by atoms with Crippen molar-refractivity contribution in [1.29, 1.82) is 0 Å². The summed E-state index contributed by atoms with van der Waals surface area (Å²) in [5.41, 5.74) is 4.70. The van der Waals surface area contributed by atoms with Crippen LogP contribution >= 0.6 is 0 Å². The van der Waals surface area contributed by atoms with Crippen molar-refractivity contribution in [2.75, 3.05) is 37.6 Å². The summed E-state index contributed by atoms with van der Waals surface area (Å²) in [6.45, 7) is 5.60. The number of amides is 1. The maximum Gasteiger partial charge on any atom is 0.387 e. The first-order valence-electron chi connectivity index (χ1n) is 9.76. The Kier molecular flexibility index (Phi) is 7.04. The highest BCUT2D eigenvalue weighted by Crippen LogP contribution is 2.23. The lowest BCUT2D eigenvalue weighted by Gasteiger charge is -2.36. The van der Waals surface area contributed by atoms with Gasteiger partial charge in [-0.25, -0.2) is 0 Å². The highest BCUT2D eigenvalue weighted by Gasteiger charge is 2.20.